The maximum atomic E-state index is 10.7. The second-order valence-corrected chi connectivity index (χ2v) is 3.95. The molecule has 2 rings (SSSR count). The number of ether oxygens (including phenoxy) is 2. The number of carbonyl (C=O) groups excluding carboxylic acids is 1. The van der Waals surface area contributed by atoms with Crippen LogP contribution in [-0.4, -0.2) is 30.3 Å². The number of hydrogen-bond acceptors (Lipinski definition) is 4. The SMILES string of the molecule is CC(=O)NCCC1COc2ccc(O)cc2O1. The van der Waals surface area contributed by atoms with Crippen molar-refractivity contribution in [3.8, 4) is 17.2 Å². The van der Waals surface area contributed by atoms with Gasteiger partial charge in [0.1, 0.15) is 18.5 Å². The molecule has 1 amide bonds. The second kappa shape index (κ2) is 4.95. The van der Waals surface area contributed by atoms with E-state index in [1.54, 1.807) is 12.1 Å². The molecule has 1 aliphatic heterocycles. The van der Waals surface area contributed by atoms with Gasteiger partial charge >= 0.3 is 0 Å². The van der Waals surface area contributed by atoms with Crippen LogP contribution in [0.15, 0.2) is 18.2 Å². The predicted octanol–water partition coefficient (Wildman–Crippen LogP) is 1.06. The molecule has 92 valence electrons. The van der Waals surface area contributed by atoms with Crippen LogP contribution in [0, 0.1) is 0 Å². The highest BCUT2D eigenvalue weighted by Crippen LogP contribution is 2.34. The van der Waals surface area contributed by atoms with Crippen molar-refractivity contribution < 1.29 is 19.4 Å². The summed E-state index contributed by atoms with van der Waals surface area (Å²) in [5.74, 6) is 1.28. The standard InChI is InChI=1S/C12H15NO4/c1-8(14)13-5-4-10-7-16-11-3-2-9(15)6-12(11)17-10/h2-3,6,10,15H,4-5,7H2,1H3,(H,13,14). The third-order valence-electron chi connectivity index (χ3n) is 2.49. The molecule has 5 heteroatoms. The maximum Gasteiger partial charge on any atom is 0.216 e. The summed E-state index contributed by atoms with van der Waals surface area (Å²) in [6.07, 6.45) is 0.574. The molecule has 1 heterocycles. The summed E-state index contributed by atoms with van der Waals surface area (Å²) in [5.41, 5.74) is 0. The van der Waals surface area contributed by atoms with Crippen LogP contribution in [0.4, 0.5) is 0 Å². The van der Waals surface area contributed by atoms with Gasteiger partial charge in [-0.3, -0.25) is 4.79 Å². The number of amides is 1. The highest BCUT2D eigenvalue weighted by atomic mass is 16.6. The summed E-state index contributed by atoms with van der Waals surface area (Å²) >= 11 is 0. The molecule has 5 nitrogen and oxygen atoms in total. The Bertz CT molecular complexity index is 419. The van der Waals surface area contributed by atoms with E-state index in [-0.39, 0.29) is 17.8 Å². The molecule has 0 radical (unpaired) electrons. The molecule has 0 aliphatic carbocycles. The molecule has 1 atom stereocenters. The minimum absolute atomic E-state index is 0.0558. The van der Waals surface area contributed by atoms with E-state index in [0.29, 0.717) is 31.1 Å². The number of hydrogen-bond donors (Lipinski definition) is 2. The van der Waals surface area contributed by atoms with Crippen LogP contribution in [0.25, 0.3) is 0 Å². The minimum Gasteiger partial charge on any atom is -0.508 e. The van der Waals surface area contributed by atoms with Crippen molar-refractivity contribution in [1.29, 1.82) is 0 Å². The first-order valence-corrected chi connectivity index (χ1v) is 5.52. The lowest BCUT2D eigenvalue weighted by Crippen LogP contribution is -2.33. The zero-order valence-electron chi connectivity index (χ0n) is 9.60. The van der Waals surface area contributed by atoms with Gasteiger partial charge in [0.2, 0.25) is 5.91 Å². The first-order valence-electron chi connectivity index (χ1n) is 5.52. The number of nitrogens with one attached hydrogen (secondary N) is 1. The molecule has 0 bridgehead atoms. The molecule has 0 spiro atoms. The Balaban J connectivity index is 1.91. The predicted molar refractivity (Wildman–Crippen MR) is 61.3 cm³/mol. The molecule has 1 aromatic carbocycles. The summed E-state index contributed by atoms with van der Waals surface area (Å²) in [4.78, 5) is 10.7. The van der Waals surface area contributed by atoms with Crippen molar-refractivity contribution in [3.63, 3.8) is 0 Å². The lowest BCUT2D eigenvalue weighted by atomic mass is 10.2. The second-order valence-electron chi connectivity index (χ2n) is 3.95. The Hall–Kier alpha value is -1.91. The average molecular weight is 237 g/mol. The molecule has 0 aromatic heterocycles. The Morgan fingerprint density at radius 1 is 1.53 bits per heavy atom. The Kier molecular flexibility index (Phi) is 3.37. The van der Waals surface area contributed by atoms with Crippen molar-refractivity contribution in [3.05, 3.63) is 18.2 Å². The summed E-state index contributed by atoms with van der Waals surface area (Å²) in [6.45, 7) is 2.49. The molecule has 0 saturated carbocycles. The molecular formula is C12H15NO4. The minimum atomic E-state index is -0.101. The van der Waals surface area contributed by atoms with Crippen LogP contribution in [-0.2, 0) is 4.79 Å². The van der Waals surface area contributed by atoms with Gasteiger partial charge in [-0.05, 0) is 12.1 Å². The molecule has 2 N–H and O–H groups in total. The third kappa shape index (κ3) is 3.03. The number of carbonyl (C=O) groups is 1. The number of aromatic hydroxyl groups is 1. The van der Waals surface area contributed by atoms with Gasteiger partial charge in [-0.1, -0.05) is 0 Å². The van der Waals surface area contributed by atoms with Crippen LogP contribution in [0.2, 0.25) is 0 Å². The zero-order valence-corrected chi connectivity index (χ0v) is 9.60. The Morgan fingerprint density at radius 3 is 3.12 bits per heavy atom. The lowest BCUT2D eigenvalue weighted by Gasteiger charge is -2.26. The van der Waals surface area contributed by atoms with Crippen LogP contribution >= 0.6 is 0 Å². The van der Waals surface area contributed by atoms with E-state index in [0.717, 1.165) is 0 Å². The van der Waals surface area contributed by atoms with Gasteiger partial charge in [0, 0.05) is 26.0 Å². The molecule has 0 saturated heterocycles. The average Bonchev–Trinajstić information content (AvgIpc) is 2.28. The van der Waals surface area contributed by atoms with Crippen LogP contribution in [0.3, 0.4) is 0 Å². The first-order chi connectivity index (χ1) is 8.15. The van der Waals surface area contributed by atoms with Crippen molar-refractivity contribution in [2.45, 2.75) is 19.4 Å². The summed E-state index contributed by atoms with van der Waals surface area (Å²) in [5, 5.41) is 12.0. The van der Waals surface area contributed by atoms with Crippen molar-refractivity contribution in [1.82, 2.24) is 5.32 Å². The van der Waals surface area contributed by atoms with E-state index in [9.17, 15) is 9.90 Å². The monoisotopic (exact) mass is 237 g/mol. The number of phenols is 1. The summed E-state index contributed by atoms with van der Waals surface area (Å²) < 4.78 is 11.2. The van der Waals surface area contributed by atoms with Gasteiger partial charge in [-0.2, -0.15) is 0 Å². The van der Waals surface area contributed by atoms with Crippen LogP contribution < -0.4 is 14.8 Å². The number of fused-ring (bicyclic) bond motifs is 1. The third-order valence-corrected chi connectivity index (χ3v) is 2.49. The van der Waals surface area contributed by atoms with Crippen molar-refractivity contribution >= 4 is 5.91 Å². The Morgan fingerprint density at radius 2 is 2.35 bits per heavy atom. The fraction of sp³-hybridized carbons (Fsp3) is 0.417. The normalized spacial score (nSPS) is 17.6. The van der Waals surface area contributed by atoms with Gasteiger partial charge in [0.25, 0.3) is 0 Å². The highest BCUT2D eigenvalue weighted by molar-refractivity contribution is 5.72. The molecule has 0 fully saturated rings. The zero-order chi connectivity index (χ0) is 12.3. The summed E-state index contributed by atoms with van der Waals surface area (Å²) in [7, 11) is 0. The molecule has 1 aromatic rings. The highest BCUT2D eigenvalue weighted by Gasteiger charge is 2.20. The lowest BCUT2D eigenvalue weighted by molar-refractivity contribution is -0.119. The van der Waals surface area contributed by atoms with E-state index >= 15 is 0 Å². The van der Waals surface area contributed by atoms with E-state index in [4.69, 9.17) is 9.47 Å². The largest absolute Gasteiger partial charge is 0.508 e. The number of benzene rings is 1. The van der Waals surface area contributed by atoms with Crippen molar-refractivity contribution in [2.75, 3.05) is 13.2 Å². The first kappa shape index (κ1) is 11.6. The van der Waals surface area contributed by atoms with Gasteiger partial charge in [-0.25, -0.2) is 0 Å². The number of phenolic OH excluding ortho intramolecular Hbond substituents is 1. The van der Waals surface area contributed by atoms with E-state index in [1.165, 1.54) is 13.0 Å². The van der Waals surface area contributed by atoms with Crippen LogP contribution in [0.5, 0.6) is 17.2 Å². The van der Waals surface area contributed by atoms with E-state index in [2.05, 4.69) is 5.32 Å². The molecule has 1 unspecified atom stereocenters. The fourth-order valence-corrected chi connectivity index (χ4v) is 1.66. The van der Waals surface area contributed by atoms with Gasteiger partial charge in [0.15, 0.2) is 11.5 Å². The van der Waals surface area contributed by atoms with Gasteiger partial charge in [0.05, 0.1) is 0 Å². The molecule has 1 aliphatic rings. The maximum absolute atomic E-state index is 10.7. The van der Waals surface area contributed by atoms with Gasteiger partial charge in [-0.15, -0.1) is 0 Å². The number of rotatable bonds is 3. The Labute approximate surface area is 99.3 Å². The molecular weight excluding hydrogens is 222 g/mol. The quantitative estimate of drug-likeness (QED) is 0.824. The van der Waals surface area contributed by atoms with Gasteiger partial charge < -0.3 is 19.9 Å². The smallest absolute Gasteiger partial charge is 0.216 e. The van der Waals surface area contributed by atoms with Crippen molar-refractivity contribution in [2.24, 2.45) is 0 Å². The fourth-order valence-electron chi connectivity index (χ4n) is 1.66. The molecule has 17 heavy (non-hydrogen) atoms. The van der Waals surface area contributed by atoms with Crippen LogP contribution in [0.1, 0.15) is 13.3 Å². The topological polar surface area (TPSA) is 67.8 Å². The van der Waals surface area contributed by atoms with E-state index in [1.807, 2.05) is 0 Å². The summed E-state index contributed by atoms with van der Waals surface area (Å²) in [6, 6.07) is 4.76. The van der Waals surface area contributed by atoms with E-state index < -0.39 is 0 Å².